The molecular weight excluding hydrogens is 270 g/mol. The summed E-state index contributed by atoms with van der Waals surface area (Å²) in [5.74, 6) is 1.04. The van der Waals surface area contributed by atoms with Crippen LogP contribution in [0.2, 0.25) is 5.02 Å². The van der Waals surface area contributed by atoms with Gasteiger partial charge in [0.15, 0.2) is 0 Å². The summed E-state index contributed by atoms with van der Waals surface area (Å²) in [4.78, 5) is 2.54. The zero-order valence-electron chi connectivity index (χ0n) is 9.36. The van der Waals surface area contributed by atoms with Crippen molar-refractivity contribution in [2.24, 2.45) is 0 Å². The Morgan fingerprint density at radius 2 is 2.06 bits per heavy atom. The first-order valence-electron chi connectivity index (χ1n) is 5.46. The van der Waals surface area contributed by atoms with Crippen molar-refractivity contribution in [3.8, 4) is 0 Å². The molecule has 0 radical (unpaired) electrons. The van der Waals surface area contributed by atoms with E-state index in [-0.39, 0.29) is 0 Å². The number of halogens is 1. The zero-order chi connectivity index (χ0) is 11.9. The summed E-state index contributed by atoms with van der Waals surface area (Å²) in [6.45, 7) is 1.95. The molecule has 1 aromatic carbocycles. The second-order valence-electron chi connectivity index (χ2n) is 3.54. The summed E-state index contributed by atoms with van der Waals surface area (Å²) in [6, 6.07) is 12.2. The third kappa shape index (κ3) is 4.36. The second-order valence-corrected chi connectivity index (χ2v) is 6.11. The van der Waals surface area contributed by atoms with Gasteiger partial charge in [-0.3, -0.25) is 0 Å². The van der Waals surface area contributed by atoms with Crippen molar-refractivity contribution in [1.82, 2.24) is 5.32 Å². The van der Waals surface area contributed by atoms with Crippen LogP contribution in [-0.4, -0.2) is 12.3 Å². The van der Waals surface area contributed by atoms with E-state index in [1.165, 1.54) is 4.88 Å². The van der Waals surface area contributed by atoms with Crippen molar-refractivity contribution in [2.75, 3.05) is 12.3 Å². The predicted molar refractivity (Wildman–Crippen MR) is 78.2 cm³/mol. The lowest BCUT2D eigenvalue weighted by Crippen LogP contribution is -2.15. The molecule has 0 spiro atoms. The predicted octanol–water partition coefficient (Wildman–Crippen LogP) is 4.28. The van der Waals surface area contributed by atoms with E-state index >= 15 is 0 Å². The summed E-state index contributed by atoms with van der Waals surface area (Å²) >= 11 is 9.66. The van der Waals surface area contributed by atoms with Crippen molar-refractivity contribution in [3.05, 3.63) is 51.7 Å². The fraction of sp³-hybridized carbons (Fsp3) is 0.231. The molecule has 0 saturated carbocycles. The van der Waals surface area contributed by atoms with Gasteiger partial charge in [0.1, 0.15) is 0 Å². The van der Waals surface area contributed by atoms with Gasteiger partial charge >= 0.3 is 0 Å². The smallest absolute Gasteiger partial charge is 0.0541 e. The van der Waals surface area contributed by atoms with Crippen LogP contribution < -0.4 is 5.32 Å². The monoisotopic (exact) mass is 283 g/mol. The molecule has 0 saturated heterocycles. The minimum absolute atomic E-state index is 0.843. The fourth-order valence-electron chi connectivity index (χ4n) is 1.42. The van der Waals surface area contributed by atoms with Gasteiger partial charge in [-0.15, -0.1) is 23.1 Å². The first kappa shape index (κ1) is 13.0. The number of nitrogens with one attached hydrogen (secondary N) is 1. The average Bonchev–Trinajstić information content (AvgIpc) is 2.84. The Morgan fingerprint density at radius 1 is 1.18 bits per heavy atom. The average molecular weight is 284 g/mol. The van der Waals surface area contributed by atoms with Crippen LogP contribution in [0.5, 0.6) is 0 Å². The molecule has 0 bridgehead atoms. The summed E-state index contributed by atoms with van der Waals surface area (Å²) in [6.07, 6.45) is 0. The Morgan fingerprint density at radius 3 is 2.82 bits per heavy atom. The lowest BCUT2D eigenvalue weighted by Gasteiger charge is -2.04. The molecule has 1 N–H and O–H groups in total. The minimum Gasteiger partial charge on any atom is -0.311 e. The fourth-order valence-corrected chi connectivity index (χ4v) is 3.24. The van der Waals surface area contributed by atoms with Crippen LogP contribution in [0, 0.1) is 0 Å². The lowest BCUT2D eigenvalue weighted by atomic mass is 10.4. The van der Waals surface area contributed by atoms with Gasteiger partial charge in [0.2, 0.25) is 0 Å². The molecule has 1 aromatic heterocycles. The molecule has 2 aromatic rings. The topological polar surface area (TPSA) is 12.0 Å². The molecule has 1 heterocycles. The molecule has 2 rings (SSSR count). The number of benzene rings is 1. The maximum absolute atomic E-state index is 6.08. The van der Waals surface area contributed by atoms with E-state index in [4.69, 9.17) is 11.6 Å². The van der Waals surface area contributed by atoms with Crippen LogP contribution in [0.15, 0.2) is 46.7 Å². The number of rotatable bonds is 6. The van der Waals surface area contributed by atoms with Crippen molar-refractivity contribution >= 4 is 34.7 Å². The van der Waals surface area contributed by atoms with E-state index < -0.39 is 0 Å². The van der Waals surface area contributed by atoms with Gasteiger partial charge in [-0.25, -0.2) is 0 Å². The van der Waals surface area contributed by atoms with Gasteiger partial charge in [-0.2, -0.15) is 0 Å². The molecule has 90 valence electrons. The van der Waals surface area contributed by atoms with Crippen LogP contribution >= 0.6 is 34.7 Å². The molecule has 0 aliphatic rings. The van der Waals surface area contributed by atoms with E-state index in [0.717, 1.165) is 28.8 Å². The highest BCUT2D eigenvalue weighted by Crippen LogP contribution is 2.25. The van der Waals surface area contributed by atoms with Crippen LogP contribution in [0.25, 0.3) is 0 Å². The summed E-state index contributed by atoms with van der Waals surface area (Å²) in [5.41, 5.74) is 0. The highest BCUT2D eigenvalue weighted by atomic mass is 35.5. The van der Waals surface area contributed by atoms with Crippen LogP contribution in [0.1, 0.15) is 4.88 Å². The number of hydrogen-bond donors (Lipinski definition) is 1. The summed E-state index contributed by atoms with van der Waals surface area (Å²) in [7, 11) is 0. The molecule has 0 fully saturated rings. The van der Waals surface area contributed by atoms with Crippen LogP contribution in [0.4, 0.5) is 0 Å². The number of thiophene rings is 1. The molecule has 17 heavy (non-hydrogen) atoms. The maximum atomic E-state index is 6.08. The minimum atomic E-state index is 0.843. The largest absolute Gasteiger partial charge is 0.311 e. The van der Waals surface area contributed by atoms with E-state index in [0.29, 0.717) is 0 Å². The van der Waals surface area contributed by atoms with Gasteiger partial charge in [0.25, 0.3) is 0 Å². The summed E-state index contributed by atoms with van der Waals surface area (Å²) in [5, 5.41) is 6.37. The van der Waals surface area contributed by atoms with Crippen LogP contribution in [0.3, 0.4) is 0 Å². The molecule has 0 atom stereocenters. The van der Waals surface area contributed by atoms with Crippen molar-refractivity contribution < 1.29 is 0 Å². The maximum Gasteiger partial charge on any atom is 0.0541 e. The van der Waals surface area contributed by atoms with E-state index in [1.807, 2.05) is 18.2 Å². The van der Waals surface area contributed by atoms with E-state index in [9.17, 15) is 0 Å². The number of thioether (sulfide) groups is 1. The quantitative estimate of drug-likeness (QED) is 0.627. The van der Waals surface area contributed by atoms with Crippen LogP contribution in [-0.2, 0) is 6.54 Å². The molecular formula is C13H14ClNS2. The second kappa shape index (κ2) is 7.07. The first-order chi connectivity index (χ1) is 8.36. The van der Waals surface area contributed by atoms with E-state index in [1.54, 1.807) is 23.1 Å². The van der Waals surface area contributed by atoms with Crippen molar-refractivity contribution in [3.63, 3.8) is 0 Å². The van der Waals surface area contributed by atoms with Gasteiger partial charge < -0.3 is 5.32 Å². The normalized spacial score (nSPS) is 10.6. The number of hydrogen-bond acceptors (Lipinski definition) is 3. The Bertz CT molecular complexity index is 442. The third-order valence-corrected chi connectivity index (χ3v) is 4.65. The molecule has 4 heteroatoms. The highest BCUT2D eigenvalue weighted by Gasteiger charge is 1.99. The Kier molecular flexibility index (Phi) is 5.39. The Balaban J connectivity index is 1.65. The first-order valence-corrected chi connectivity index (χ1v) is 7.71. The van der Waals surface area contributed by atoms with Crippen molar-refractivity contribution in [1.29, 1.82) is 0 Å². The molecule has 0 aliphatic heterocycles. The van der Waals surface area contributed by atoms with E-state index in [2.05, 4.69) is 28.9 Å². The van der Waals surface area contributed by atoms with Gasteiger partial charge in [-0.1, -0.05) is 29.8 Å². The molecule has 0 amide bonds. The molecule has 0 aliphatic carbocycles. The molecule has 1 nitrogen and oxygen atoms in total. The zero-order valence-corrected chi connectivity index (χ0v) is 11.7. The van der Waals surface area contributed by atoms with Gasteiger partial charge in [0.05, 0.1) is 5.02 Å². The Labute approximate surface area is 115 Å². The third-order valence-electron chi connectivity index (χ3n) is 2.25. The summed E-state index contributed by atoms with van der Waals surface area (Å²) < 4.78 is 0. The van der Waals surface area contributed by atoms with Gasteiger partial charge in [-0.05, 0) is 23.6 Å². The SMILES string of the molecule is Clc1ccccc1SCCNCc1cccs1. The Hall–Kier alpha value is -0.480. The lowest BCUT2D eigenvalue weighted by molar-refractivity contribution is 0.741. The standard InChI is InChI=1S/C13H14ClNS2/c14-12-5-1-2-6-13(12)17-9-7-15-10-11-4-3-8-16-11/h1-6,8,15H,7,9-10H2. The van der Waals surface area contributed by atoms with Gasteiger partial charge in [0, 0.05) is 28.6 Å². The van der Waals surface area contributed by atoms with Crippen molar-refractivity contribution in [2.45, 2.75) is 11.4 Å². The molecule has 0 unspecified atom stereocenters. The highest BCUT2D eigenvalue weighted by molar-refractivity contribution is 7.99.